The van der Waals surface area contributed by atoms with E-state index in [9.17, 15) is 4.79 Å². The van der Waals surface area contributed by atoms with Gasteiger partial charge in [-0.2, -0.15) is 0 Å². The van der Waals surface area contributed by atoms with Gasteiger partial charge in [0.15, 0.2) is 11.5 Å². The second-order valence-electron chi connectivity index (χ2n) is 6.53. The van der Waals surface area contributed by atoms with Crippen molar-refractivity contribution in [2.45, 2.75) is 0 Å². The van der Waals surface area contributed by atoms with Gasteiger partial charge in [0, 0.05) is 29.5 Å². The molecule has 0 atom stereocenters. The molecule has 0 saturated carbocycles. The maximum absolute atomic E-state index is 13.0. The monoisotopic (exact) mass is 406 g/mol. The van der Waals surface area contributed by atoms with E-state index in [1.165, 1.54) is 6.20 Å². The zero-order valence-electron chi connectivity index (χ0n) is 15.4. The largest absolute Gasteiger partial charge is 0.454 e. The standard InChI is InChI=1S/C21H15ClN4O3/c1-25(15-5-3-14(22)4-6-15)20(27)17-11-23-21-24-16(8-9-26(17)21)13-2-7-18-19(10-13)29-12-28-18/h2-11H,12H2,1H3. The first kappa shape index (κ1) is 17.5. The highest BCUT2D eigenvalue weighted by molar-refractivity contribution is 6.30. The third-order valence-electron chi connectivity index (χ3n) is 4.79. The lowest BCUT2D eigenvalue weighted by atomic mass is 10.1. The van der Waals surface area contributed by atoms with Gasteiger partial charge in [0.1, 0.15) is 5.69 Å². The molecule has 5 rings (SSSR count). The van der Waals surface area contributed by atoms with E-state index < -0.39 is 0 Å². The molecule has 0 N–H and O–H groups in total. The number of benzene rings is 2. The summed E-state index contributed by atoms with van der Waals surface area (Å²) in [6.07, 6.45) is 3.32. The molecule has 8 heteroatoms. The molecule has 2 aromatic carbocycles. The van der Waals surface area contributed by atoms with Gasteiger partial charge in [-0.25, -0.2) is 9.97 Å². The Morgan fingerprint density at radius 1 is 1.10 bits per heavy atom. The number of imidazole rings is 1. The van der Waals surface area contributed by atoms with Gasteiger partial charge in [0.05, 0.1) is 11.9 Å². The maximum atomic E-state index is 13.0. The van der Waals surface area contributed by atoms with Crippen LogP contribution in [0.5, 0.6) is 11.5 Å². The first-order valence-corrected chi connectivity index (χ1v) is 9.26. The van der Waals surface area contributed by atoms with Crippen LogP contribution in [0.25, 0.3) is 17.0 Å². The molecule has 0 fully saturated rings. The van der Waals surface area contributed by atoms with Crippen LogP contribution in [0.15, 0.2) is 60.9 Å². The van der Waals surface area contributed by atoms with Crippen LogP contribution in [-0.4, -0.2) is 34.1 Å². The fourth-order valence-electron chi connectivity index (χ4n) is 3.20. The second-order valence-corrected chi connectivity index (χ2v) is 6.97. The van der Waals surface area contributed by atoms with Gasteiger partial charge in [0.2, 0.25) is 12.6 Å². The highest BCUT2D eigenvalue weighted by atomic mass is 35.5. The zero-order valence-corrected chi connectivity index (χ0v) is 16.1. The summed E-state index contributed by atoms with van der Waals surface area (Å²) in [5.41, 5.74) is 2.76. The van der Waals surface area contributed by atoms with Crippen LogP contribution in [0.1, 0.15) is 10.5 Å². The van der Waals surface area contributed by atoms with Crippen molar-refractivity contribution in [3.63, 3.8) is 0 Å². The Labute approximate surface area is 171 Å². The summed E-state index contributed by atoms with van der Waals surface area (Å²) in [6.45, 7) is 0.220. The molecule has 0 aliphatic carbocycles. The van der Waals surface area contributed by atoms with Crippen LogP contribution in [-0.2, 0) is 0 Å². The van der Waals surface area contributed by atoms with Crippen LogP contribution in [0.2, 0.25) is 5.02 Å². The second kappa shape index (κ2) is 6.79. The van der Waals surface area contributed by atoms with Gasteiger partial charge in [0.25, 0.3) is 5.91 Å². The lowest BCUT2D eigenvalue weighted by Gasteiger charge is -2.17. The van der Waals surface area contributed by atoms with E-state index in [1.54, 1.807) is 46.8 Å². The highest BCUT2D eigenvalue weighted by Gasteiger charge is 2.19. The number of carbonyl (C=O) groups excluding carboxylic acids is 1. The van der Waals surface area contributed by atoms with E-state index in [0.717, 1.165) is 16.9 Å². The molecule has 0 unspecified atom stereocenters. The Kier molecular flexibility index (Phi) is 4.10. The molecule has 7 nitrogen and oxygen atoms in total. The number of rotatable bonds is 3. The number of amides is 1. The minimum Gasteiger partial charge on any atom is -0.454 e. The molecule has 0 bridgehead atoms. The number of anilines is 1. The van der Waals surface area contributed by atoms with Gasteiger partial charge in [-0.3, -0.25) is 9.20 Å². The van der Waals surface area contributed by atoms with E-state index in [0.29, 0.717) is 28.0 Å². The summed E-state index contributed by atoms with van der Waals surface area (Å²) in [4.78, 5) is 23.4. The maximum Gasteiger partial charge on any atom is 0.276 e. The Bertz CT molecular complexity index is 1240. The zero-order chi connectivity index (χ0) is 20.0. The molecule has 3 heterocycles. The smallest absolute Gasteiger partial charge is 0.276 e. The van der Waals surface area contributed by atoms with Crippen molar-refractivity contribution in [3.05, 3.63) is 71.6 Å². The van der Waals surface area contributed by atoms with Gasteiger partial charge >= 0.3 is 0 Å². The molecule has 1 aliphatic rings. The lowest BCUT2D eigenvalue weighted by Crippen LogP contribution is -2.27. The Balaban J connectivity index is 1.47. The number of fused-ring (bicyclic) bond motifs is 2. The minimum absolute atomic E-state index is 0.197. The summed E-state index contributed by atoms with van der Waals surface area (Å²) in [5.74, 6) is 1.65. The summed E-state index contributed by atoms with van der Waals surface area (Å²) < 4.78 is 12.4. The number of hydrogen-bond donors (Lipinski definition) is 0. The molecular weight excluding hydrogens is 392 g/mol. The molecule has 1 aliphatic heterocycles. The van der Waals surface area contributed by atoms with Crippen LogP contribution in [0, 0.1) is 0 Å². The number of carbonyl (C=O) groups is 1. The first-order chi connectivity index (χ1) is 14.1. The van der Waals surface area contributed by atoms with Gasteiger partial charge in [-0.1, -0.05) is 11.6 Å². The molecular formula is C21H15ClN4O3. The third kappa shape index (κ3) is 3.05. The number of ether oxygens (including phenoxy) is 2. The van der Waals surface area contributed by atoms with Gasteiger partial charge < -0.3 is 14.4 Å². The summed E-state index contributed by atoms with van der Waals surface area (Å²) in [6, 6.07) is 14.6. The first-order valence-electron chi connectivity index (χ1n) is 8.88. The topological polar surface area (TPSA) is 69.0 Å². The van der Waals surface area contributed by atoms with E-state index >= 15 is 0 Å². The summed E-state index contributed by atoms with van der Waals surface area (Å²) >= 11 is 5.93. The molecule has 2 aromatic heterocycles. The van der Waals surface area contributed by atoms with E-state index in [2.05, 4.69) is 9.97 Å². The van der Waals surface area contributed by atoms with Crippen LogP contribution in [0.4, 0.5) is 5.69 Å². The van der Waals surface area contributed by atoms with Gasteiger partial charge in [-0.05, 0) is 48.5 Å². The molecule has 0 saturated heterocycles. The van der Waals surface area contributed by atoms with Crippen molar-refractivity contribution in [3.8, 4) is 22.8 Å². The van der Waals surface area contributed by atoms with Gasteiger partial charge in [-0.15, -0.1) is 0 Å². The Hall–Kier alpha value is -3.58. The predicted molar refractivity (Wildman–Crippen MR) is 109 cm³/mol. The quantitative estimate of drug-likeness (QED) is 0.513. The van der Waals surface area contributed by atoms with Crippen molar-refractivity contribution in [2.24, 2.45) is 0 Å². The predicted octanol–water partition coefficient (Wildman–Crippen LogP) is 4.06. The molecule has 4 aromatic rings. The normalized spacial score (nSPS) is 12.3. The van der Waals surface area contributed by atoms with E-state index in [-0.39, 0.29) is 12.7 Å². The van der Waals surface area contributed by atoms with Crippen LogP contribution in [0.3, 0.4) is 0 Å². The lowest BCUT2D eigenvalue weighted by molar-refractivity contribution is 0.0987. The summed E-state index contributed by atoms with van der Waals surface area (Å²) in [7, 11) is 1.71. The number of nitrogens with zero attached hydrogens (tertiary/aromatic N) is 4. The average molecular weight is 407 g/mol. The van der Waals surface area contributed by atoms with Crippen molar-refractivity contribution < 1.29 is 14.3 Å². The molecule has 144 valence electrons. The van der Waals surface area contributed by atoms with Crippen molar-refractivity contribution in [1.82, 2.24) is 14.4 Å². The number of aromatic nitrogens is 3. The average Bonchev–Trinajstić information content (AvgIpc) is 3.39. The fraction of sp³-hybridized carbons (Fsp3) is 0.0952. The van der Waals surface area contributed by atoms with Crippen molar-refractivity contribution in [1.29, 1.82) is 0 Å². The van der Waals surface area contributed by atoms with E-state index in [4.69, 9.17) is 21.1 Å². The molecule has 29 heavy (non-hydrogen) atoms. The fourth-order valence-corrected chi connectivity index (χ4v) is 3.33. The van der Waals surface area contributed by atoms with Crippen LogP contribution < -0.4 is 14.4 Å². The SMILES string of the molecule is CN(C(=O)c1cnc2nc(-c3ccc4c(c3)OCO4)ccn12)c1ccc(Cl)cc1. The third-order valence-corrected chi connectivity index (χ3v) is 5.04. The number of halogens is 1. The highest BCUT2D eigenvalue weighted by Crippen LogP contribution is 2.35. The number of hydrogen-bond acceptors (Lipinski definition) is 5. The van der Waals surface area contributed by atoms with Crippen molar-refractivity contribution in [2.75, 3.05) is 18.7 Å². The molecule has 1 amide bonds. The minimum atomic E-state index is -0.197. The summed E-state index contributed by atoms with van der Waals surface area (Å²) in [5, 5.41) is 0.615. The van der Waals surface area contributed by atoms with Crippen molar-refractivity contribution >= 4 is 29.0 Å². The molecule has 0 spiro atoms. The van der Waals surface area contributed by atoms with Crippen LogP contribution >= 0.6 is 11.6 Å². The molecule has 0 radical (unpaired) electrons. The Morgan fingerprint density at radius 3 is 2.72 bits per heavy atom. The Morgan fingerprint density at radius 2 is 1.90 bits per heavy atom. The van der Waals surface area contributed by atoms with E-state index in [1.807, 2.05) is 24.3 Å².